The summed E-state index contributed by atoms with van der Waals surface area (Å²) in [7, 11) is -2.70. The Labute approximate surface area is 129 Å². The Balaban J connectivity index is 3.26. The fourth-order valence-electron chi connectivity index (χ4n) is 2.01. The third-order valence-corrected chi connectivity index (χ3v) is 5.00. The zero-order valence-electron chi connectivity index (χ0n) is 12.7. The minimum atomic E-state index is -3.94. The third-order valence-electron chi connectivity index (χ3n) is 3.00. The van der Waals surface area contributed by atoms with Gasteiger partial charge in [-0.2, -0.15) is 4.31 Å². The van der Waals surface area contributed by atoms with Gasteiger partial charge in [-0.1, -0.05) is 6.92 Å². The van der Waals surface area contributed by atoms with Gasteiger partial charge in [0.1, 0.15) is 6.54 Å². The quantitative estimate of drug-likeness (QED) is 0.756. The molecule has 0 aromatic heterocycles. The molecule has 1 aromatic rings. The van der Waals surface area contributed by atoms with Crippen molar-refractivity contribution >= 4 is 22.0 Å². The van der Waals surface area contributed by atoms with Gasteiger partial charge in [0.05, 0.1) is 17.6 Å². The van der Waals surface area contributed by atoms with Crippen molar-refractivity contribution in [3.8, 4) is 0 Å². The predicted octanol–water partition coefficient (Wildman–Crippen LogP) is 1.27. The van der Waals surface area contributed by atoms with E-state index in [0.29, 0.717) is 12.0 Å². The number of carboxylic acid groups (broad SMARTS) is 1. The maximum absolute atomic E-state index is 12.6. The highest BCUT2D eigenvalue weighted by atomic mass is 32.2. The molecule has 0 aliphatic heterocycles. The molecule has 1 rings (SSSR count). The van der Waals surface area contributed by atoms with Gasteiger partial charge in [-0.3, -0.25) is 4.79 Å². The summed E-state index contributed by atoms with van der Waals surface area (Å²) >= 11 is 0. The van der Waals surface area contributed by atoms with Crippen LogP contribution >= 0.6 is 0 Å². The highest BCUT2D eigenvalue weighted by molar-refractivity contribution is 7.89. The molecule has 8 heteroatoms. The first-order valence-electron chi connectivity index (χ1n) is 6.65. The maximum Gasteiger partial charge on any atom is 0.337 e. The first kappa shape index (κ1) is 18.1. The number of carbonyl (C=O) groups excluding carboxylic acids is 1. The number of aliphatic carboxylic acids is 1. The van der Waals surface area contributed by atoms with Crippen LogP contribution in [-0.2, 0) is 19.6 Å². The maximum atomic E-state index is 12.6. The summed E-state index contributed by atoms with van der Waals surface area (Å²) in [5.41, 5.74) is 0.591. The molecule has 0 heterocycles. The molecular formula is C14H19NO6S. The molecule has 0 spiro atoms. The zero-order valence-corrected chi connectivity index (χ0v) is 13.5. The lowest BCUT2D eigenvalue weighted by atomic mass is 10.1. The lowest BCUT2D eigenvalue weighted by Gasteiger charge is -2.21. The van der Waals surface area contributed by atoms with Crippen LogP contribution in [0.15, 0.2) is 23.1 Å². The average Bonchev–Trinajstić information content (AvgIpc) is 2.45. The Bertz CT molecular complexity index is 668. The molecule has 0 aliphatic carbocycles. The number of rotatable bonds is 7. The molecule has 122 valence electrons. The Hall–Kier alpha value is -1.93. The summed E-state index contributed by atoms with van der Waals surface area (Å²) in [5.74, 6) is -1.79. The first-order chi connectivity index (χ1) is 10.2. The Morgan fingerprint density at radius 1 is 1.32 bits per heavy atom. The lowest BCUT2D eigenvalue weighted by Crippen LogP contribution is -2.36. The molecule has 0 saturated carbocycles. The van der Waals surface area contributed by atoms with E-state index in [0.717, 1.165) is 4.31 Å². The van der Waals surface area contributed by atoms with Crippen molar-refractivity contribution in [2.24, 2.45) is 0 Å². The predicted molar refractivity (Wildman–Crippen MR) is 79.2 cm³/mol. The number of sulfonamides is 1. The van der Waals surface area contributed by atoms with Crippen molar-refractivity contribution < 1.29 is 27.9 Å². The van der Waals surface area contributed by atoms with E-state index in [2.05, 4.69) is 4.74 Å². The smallest absolute Gasteiger partial charge is 0.337 e. The second-order valence-electron chi connectivity index (χ2n) is 4.70. The molecule has 1 N–H and O–H groups in total. The van der Waals surface area contributed by atoms with Crippen LogP contribution in [-0.4, -0.2) is 50.0 Å². The third kappa shape index (κ3) is 4.05. The molecule has 0 amide bonds. The van der Waals surface area contributed by atoms with E-state index in [1.165, 1.54) is 25.3 Å². The minimum absolute atomic E-state index is 0.0187. The van der Waals surface area contributed by atoms with Gasteiger partial charge in [0.15, 0.2) is 0 Å². The van der Waals surface area contributed by atoms with Gasteiger partial charge in [0.25, 0.3) is 0 Å². The van der Waals surface area contributed by atoms with Crippen LogP contribution in [0.3, 0.4) is 0 Å². The molecule has 0 saturated heterocycles. The van der Waals surface area contributed by atoms with Gasteiger partial charge in [-0.15, -0.1) is 0 Å². The van der Waals surface area contributed by atoms with Crippen LogP contribution < -0.4 is 0 Å². The molecule has 22 heavy (non-hydrogen) atoms. The normalized spacial score (nSPS) is 11.5. The number of aryl methyl sites for hydroxylation is 1. The van der Waals surface area contributed by atoms with Gasteiger partial charge >= 0.3 is 11.9 Å². The van der Waals surface area contributed by atoms with Crippen LogP contribution in [0.25, 0.3) is 0 Å². The van der Waals surface area contributed by atoms with Crippen LogP contribution in [0, 0.1) is 6.92 Å². The van der Waals surface area contributed by atoms with Crippen LogP contribution in [0.2, 0.25) is 0 Å². The molecule has 0 atom stereocenters. The number of esters is 1. The van der Waals surface area contributed by atoms with E-state index < -0.39 is 28.5 Å². The molecule has 0 radical (unpaired) electrons. The standard InChI is InChI=1S/C14H19NO6S/c1-4-7-15(9-13(16)17)22(19,20)12-6-5-11(8-10(12)2)14(18)21-3/h5-6,8H,4,7,9H2,1-3H3,(H,16,17). The Kier molecular flexibility index (Phi) is 6.07. The highest BCUT2D eigenvalue weighted by Crippen LogP contribution is 2.21. The molecule has 1 aromatic carbocycles. The largest absolute Gasteiger partial charge is 0.480 e. The summed E-state index contributed by atoms with van der Waals surface area (Å²) in [4.78, 5) is 22.3. The van der Waals surface area contributed by atoms with Crippen molar-refractivity contribution in [2.45, 2.75) is 25.2 Å². The van der Waals surface area contributed by atoms with Crippen LogP contribution in [0.5, 0.6) is 0 Å². The molecule has 0 aliphatic rings. The average molecular weight is 329 g/mol. The second kappa shape index (κ2) is 7.37. The highest BCUT2D eigenvalue weighted by Gasteiger charge is 2.27. The van der Waals surface area contributed by atoms with Crippen LogP contribution in [0.4, 0.5) is 0 Å². The van der Waals surface area contributed by atoms with Crippen molar-refractivity contribution in [1.82, 2.24) is 4.31 Å². The summed E-state index contributed by atoms with van der Waals surface area (Å²) in [6.45, 7) is 2.81. The number of nitrogens with zero attached hydrogens (tertiary/aromatic N) is 1. The monoisotopic (exact) mass is 329 g/mol. The van der Waals surface area contributed by atoms with Crippen LogP contribution in [0.1, 0.15) is 29.3 Å². The van der Waals surface area contributed by atoms with Crippen molar-refractivity contribution in [1.29, 1.82) is 0 Å². The van der Waals surface area contributed by atoms with Gasteiger partial charge < -0.3 is 9.84 Å². The van der Waals surface area contributed by atoms with Gasteiger partial charge in [-0.25, -0.2) is 13.2 Å². The molecule has 7 nitrogen and oxygen atoms in total. The van der Waals surface area contributed by atoms with E-state index in [1.54, 1.807) is 13.8 Å². The van der Waals surface area contributed by atoms with Gasteiger partial charge in [-0.05, 0) is 37.1 Å². The van der Waals surface area contributed by atoms with E-state index in [4.69, 9.17) is 5.11 Å². The SMILES string of the molecule is CCCN(CC(=O)O)S(=O)(=O)c1ccc(C(=O)OC)cc1C. The van der Waals surface area contributed by atoms with Gasteiger partial charge in [0, 0.05) is 6.54 Å². The number of ether oxygens (including phenoxy) is 1. The van der Waals surface area contributed by atoms with E-state index in [-0.39, 0.29) is 17.0 Å². The molecular weight excluding hydrogens is 310 g/mol. The molecule has 0 unspecified atom stereocenters. The van der Waals surface area contributed by atoms with Gasteiger partial charge in [0.2, 0.25) is 10.0 Å². The number of carbonyl (C=O) groups is 2. The summed E-state index contributed by atoms with van der Waals surface area (Å²) in [5, 5.41) is 8.87. The molecule has 0 fully saturated rings. The first-order valence-corrected chi connectivity index (χ1v) is 8.09. The second-order valence-corrected chi connectivity index (χ2v) is 6.61. The minimum Gasteiger partial charge on any atom is -0.480 e. The number of hydrogen-bond acceptors (Lipinski definition) is 5. The van der Waals surface area contributed by atoms with E-state index >= 15 is 0 Å². The number of benzene rings is 1. The molecule has 0 bridgehead atoms. The summed E-state index contributed by atoms with van der Waals surface area (Å²) in [6.07, 6.45) is 0.492. The van der Waals surface area contributed by atoms with E-state index in [1.807, 2.05) is 0 Å². The Morgan fingerprint density at radius 2 is 1.95 bits per heavy atom. The van der Waals surface area contributed by atoms with Crippen molar-refractivity contribution in [3.05, 3.63) is 29.3 Å². The fraction of sp³-hybridized carbons (Fsp3) is 0.429. The number of carboxylic acids is 1. The topological polar surface area (TPSA) is 101 Å². The zero-order chi connectivity index (χ0) is 16.9. The lowest BCUT2D eigenvalue weighted by molar-refractivity contribution is -0.137. The number of hydrogen-bond donors (Lipinski definition) is 1. The summed E-state index contributed by atoms with van der Waals surface area (Å²) in [6, 6.07) is 4.04. The van der Waals surface area contributed by atoms with Crippen molar-refractivity contribution in [3.63, 3.8) is 0 Å². The summed E-state index contributed by atoms with van der Waals surface area (Å²) < 4.78 is 30.6. The fourth-order valence-corrected chi connectivity index (χ4v) is 3.69. The van der Waals surface area contributed by atoms with E-state index in [9.17, 15) is 18.0 Å². The Morgan fingerprint density at radius 3 is 2.41 bits per heavy atom. The van der Waals surface area contributed by atoms with Crippen molar-refractivity contribution in [2.75, 3.05) is 20.2 Å². The number of methoxy groups -OCH3 is 1.